The summed E-state index contributed by atoms with van der Waals surface area (Å²) in [5.41, 5.74) is -0.176. The van der Waals surface area contributed by atoms with E-state index in [1.165, 1.54) is 24.3 Å². The molecular weight excluding hydrogens is 331 g/mol. The van der Waals surface area contributed by atoms with Crippen LogP contribution < -0.4 is 0 Å². The second kappa shape index (κ2) is 7.04. The van der Waals surface area contributed by atoms with Crippen molar-refractivity contribution >= 4 is 12.0 Å². The maximum Gasteiger partial charge on any atom is 0.416 e. The van der Waals surface area contributed by atoms with Crippen molar-refractivity contribution in [1.29, 1.82) is 0 Å². The maximum absolute atomic E-state index is 12.6. The van der Waals surface area contributed by atoms with Crippen molar-refractivity contribution in [2.24, 2.45) is 0 Å². The van der Waals surface area contributed by atoms with Crippen LogP contribution in [0.5, 0.6) is 0 Å². The second-order valence-corrected chi connectivity index (χ2v) is 5.75. The fraction of sp³-hybridized carbons (Fsp3) is 0.278. The minimum atomic E-state index is -4.36. The van der Waals surface area contributed by atoms with Crippen LogP contribution in [-0.4, -0.2) is 27.3 Å². The van der Waals surface area contributed by atoms with Crippen molar-refractivity contribution in [2.45, 2.75) is 25.1 Å². The Morgan fingerprint density at radius 1 is 1.16 bits per heavy atom. The Morgan fingerprint density at radius 2 is 1.84 bits per heavy atom. The zero-order valence-electron chi connectivity index (χ0n) is 13.3. The maximum atomic E-state index is 12.6. The Balaban J connectivity index is 1.70. The number of likely N-dealkylation sites (tertiary alicyclic amines) is 1. The molecule has 0 spiro atoms. The van der Waals surface area contributed by atoms with Crippen LogP contribution in [0.25, 0.3) is 6.08 Å². The van der Waals surface area contributed by atoms with Gasteiger partial charge in [0.15, 0.2) is 5.82 Å². The van der Waals surface area contributed by atoms with E-state index in [1.807, 2.05) is 0 Å². The summed E-state index contributed by atoms with van der Waals surface area (Å²) < 4.78 is 37.7. The van der Waals surface area contributed by atoms with Gasteiger partial charge in [0.1, 0.15) is 0 Å². The monoisotopic (exact) mass is 347 g/mol. The number of halogens is 3. The van der Waals surface area contributed by atoms with Gasteiger partial charge in [-0.15, -0.1) is 0 Å². The molecule has 1 atom stereocenters. The van der Waals surface area contributed by atoms with Gasteiger partial charge in [-0.3, -0.25) is 4.79 Å². The van der Waals surface area contributed by atoms with Gasteiger partial charge in [0, 0.05) is 25.0 Å². The lowest BCUT2D eigenvalue weighted by Crippen LogP contribution is -2.29. The molecule has 1 aromatic carbocycles. The molecule has 2 heterocycles. The fourth-order valence-corrected chi connectivity index (χ4v) is 2.83. The Morgan fingerprint density at radius 3 is 2.48 bits per heavy atom. The lowest BCUT2D eigenvalue weighted by molar-refractivity contribution is -0.137. The molecule has 25 heavy (non-hydrogen) atoms. The average molecular weight is 347 g/mol. The first kappa shape index (κ1) is 17.1. The van der Waals surface area contributed by atoms with Crippen molar-refractivity contribution in [3.8, 4) is 0 Å². The number of carbonyl (C=O) groups excluding carboxylic acids is 1. The van der Waals surface area contributed by atoms with E-state index in [4.69, 9.17) is 0 Å². The van der Waals surface area contributed by atoms with Gasteiger partial charge in [-0.05, 0) is 42.7 Å². The van der Waals surface area contributed by atoms with E-state index < -0.39 is 11.7 Å². The third-order valence-electron chi connectivity index (χ3n) is 4.08. The van der Waals surface area contributed by atoms with E-state index in [0.29, 0.717) is 17.9 Å². The van der Waals surface area contributed by atoms with Gasteiger partial charge in [-0.25, -0.2) is 9.97 Å². The normalized spacial score (nSPS) is 18.0. The highest BCUT2D eigenvalue weighted by Gasteiger charge is 2.31. The SMILES string of the molecule is O=C(C=Cc1ccc(C(F)(F)F)cc1)N1CCCC1c1ncccn1. The standard InChI is InChI=1S/C18H16F3N3O/c19-18(20,21)14-7-4-13(5-8-14)6-9-16(25)24-12-1-3-15(24)17-22-10-2-11-23-17/h2,4-11,15H,1,3,12H2. The molecule has 0 saturated carbocycles. The van der Waals surface area contributed by atoms with Crippen molar-refractivity contribution in [2.75, 3.05) is 6.54 Å². The van der Waals surface area contributed by atoms with Crippen LogP contribution in [0, 0.1) is 0 Å². The third kappa shape index (κ3) is 4.04. The summed E-state index contributed by atoms with van der Waals surface area (Å²) in [6.07, 6.45) is 3.47. The molecule has 1 aliphatic heterocycles. The van der Waals surface area contributed by atoms with E-state index in [2.05, 4.69) is 9.97 Å². The number of carbonyl (C=O) groups is 1. The molecule has 1 unspecified atom stereocenters. The number of nitrogens with zero attached hydrogens (tertiary/aromatic N) is 3. The zero-order valence-corrected chi connectivity index (χ0v) is 13.3. The van der Waals surface area contributed by atoms with Gasteiger partial charge in [0.2, 0.25) is 5.91 Å². The predicted octanol–water partition coefficient (Wildman–Crippen LogP) is 3.87. The minimum absolute atomic E-state index is 0.161. The van der Waals surface area contributed by atoms with Gasteiger partial charge in [-0.1, -0.05) is 12.1 Å². The van der Waals surface area contributed by atoms with Crippen LogP contribution in [0.2, 0.25) is 0 Å². The van der Waals surface area contributed by atoms with Gasteiger partial charge < -0.3 is 4.90 Å². The molecule has 1 aliphatic rings. The largest absolute Gasteiger partial charge is 0.416 e. The number of benzene rings is 1. The van der Waals surface area contributed by atoms with E-state index >= 15 is 0 Å². The highest BCUT2D eigenvalue weighted by molar-refractivity contribution is 5.92. The highest BCUT2D eigenvalue weighted by atomic mass is 19.4. The summed E-state index contributed by atoms with van der Waals surface area (Å²) in [4.78, 5) is 22.5. The quantitative estimate of drug-likeness (QED) is 0.792. The molecule has 1 fully saturated rings. The lowest BCUT2D eigenvalue weighted by atomic mass is 10.1. The Kier molecular flexibility index (Phi) is 4.83. The molecule has 1 amide bonds. The van der Waals surface area contributed by atoms with Crippen molar-refractivity contribution in [3.63, 3.8) is 0 Å². The lowest BCUT2D eigenvalue weighted by Gasteiger charge is -2.21. The summed E-state index contributed by atoms with van der Waals surface area (Å²) >= 11 is 0. The molecule has 0 radical (unpaired) electrons. The molecule has 7 heteroatoms. The number of aromatic nitrogens is 2. The van der Waals surface area contributed by atoms with Gasteiger partial charge in [-0.2, -0.15) is 13.2 Å². The molecule has 2 aromatic rings. The van der Waals surface area contributed by atoms with Gasteiger partial charge >= 0.3 is 6.18 Å². The van der Waals surface area contributed by atoms with Gasteiger partial charge in [0.25, 0.3) is 0 Å². The summed E-state index contributed by atoms with van der Waals surface area (Å²) in [6, 6.07) is 6.24. The van der Waals surface area contributed by atoms with Gasteiger partial charge in [0.05, 0.1) is 11.6 Å². The Hall–Kier alpha value is -2.70. The number of alkyl halides is 3. The second-order valence-electron chi connectivity index (χ2n) is 5.75. The van der Waals surface area contributed by atoms with E-state index in [0.717, 1.165) is 25.0 Å². The first-order chi connectivity index (χ1) is 11.9. The van der Waals surface area contributed by atoms with Crippen molar-refractivity contribution < 1.29 is 18.0 Å². The van der Waals surface area contributed by atoms with Crippen molar-refractivity contribution in [1.82, 2.24) is 14.9 Å². The smallest absolute Gasteiger partial charge is 0.329 e. The molecule has 1 aromatic heterocycles. The zero-order chi connectivity index (χ0) is 17.9. The van der Waals surface area contributed by atoms with E-state index in [-0.39, 0.29) is 11.9 Å². The third-order valence-corrected chi connectivity index (χ3v) is 4.08. The number of hydrogen-bond donors (Lipinski definition) is 0. The van der Waals surface area contributed by atoms with Crippen LogP contribution in [-0.2, 0) is 11.0 Å². The van der Waals surface area contributed by atoms with Crippen LogP contribution >= 0.6 is 0 Å². The van der Waals surface area contributed by atoms with Crippen LogP contribution in [0.4, 0.5) is 13.2 Å². The summed E-state index contributed by atoms with van der Waals surface area (Å²) in [5.74, 6) is 0.408. The predicted molar refractivity (Wildman–Crippen MR) is 86.2 cm³/mol. The van der Waals surface area contributed by atoms with Crippen LogP contribution in [0.1, 0.15) is 35.8 Å². The number of rotatable bonds is 3. The summed E-state index contributed by atoms with van der Waals surface area (Å²) in [6.45, 7) is 0.610. The van der Waals surface area contributed by atoms with E-state index in [1.54, 1.807) is 23.4 Å². The molecule has 3 rings (SSSR count). The molecule has 0 N–H and O–H groups in total. The first-order valence-electron chi connectivity index (χ1n) is 7.88. The highest BCUT2D eigenvalue weighted by Crippen LogP contribution is 2.30. The molecule has 1 saturated heterocycles. The molecule has 0 bridgehead atoms. The van der Waals surface area contributed by atoms with Crippen LogP contribution in [0.15, 0.2) is 48.8 Å². The van der Waals surface area contributed by atoms with Crippen molar-refractivity contribution in [3.05, 3.63) is 65.8 Å². The molecule has 0 aliphatic carbocycles. The molecule has 4 nitrogen and oxygen atoms in total. The molecular formula is C18H16F3N3O. The summed E-state index contributed by atoms with van der Waals surface area (Å²) in [7, 11) is 0. The van der Waals surface area contributed by atoms with Crippen LogP contribution in [0.3, 0.4) is 0 Å². The molecule has 130 valence electrons. The van der Waals surface area contributed by atoms with E-state index in [9.17, 15) is 18.0 Å². The Labute approximate surface area is 143 Å². The first-order valence-corrected chi connectivity index (χ1v) is 7.88. The number of hydrogen-bond acceptors (Lipinski definition) is 3. The topological polar surface area (TPSA) is 46.1 Å². The Bertz CT molecular complexity index is 757. The average Bonchev–Trinajstić information content (AvgIpc) is 3.10. The fourth-order valence-electron chi connectivity index (χ4n) is 2.83. The number of amides is 1. The summed E-state index contributed by atoms with van der Waals surface area (Å²) in [5, 5.41) is 0. The minimum Gasteiger partial charge on any atom is -0.329 e.